The molecule has 0 rings (SSSR count). The first-order chi connectivity index (χ1) is 6.93. The molecule has 0 saturated carbocycles. The van der Waals surface area contributed by atoms with Crippen LogP contribution in [0.2, 0.25) is 0 Å². The van der Waals surface area contributed by atoms with E-state index in [1.807, 2.05) is 0 Å². The average molecular weight is 361 g/mol. The standard InChI is InChI=1S/4C2H4O2.Mn.Zn/c4*1-2(3)4;;/h4*1H3,(H,3,4);;. The van der Waals surface area contributed by atoms with Crippen molar-refractivity contribution >= 4 is 23.9 Å². The number of hydrogen-bond acceptors (Lipinski definition) is 4. The van der Waals surface area contributed by atoms with E-state index in [0.717, 1.165) is 27.7 Å². The van der Waals surface area contributed by atoms with Gasteiger partial charge >= 0.3 is 0 Å². The van der Waals surface area contributed by atoms with Crippen molar-refractivity contribution in [1.82, 2.24) is 0 Å². The smallest absolute Gasteiger partial charge is 0.300 e. The zero-order chi connectivity index (χ0) is 14.3. The third kappa shape index (κ3) is 3090. The van der Waals surface area contributed by atoms with Crippen molar-refractivity contribution in [2.75, 3.05) is 0 Å². The second kappa shape index (κ2) is 29.8. The van der Waals surface area contributed by atoms with E-state index in [1.165, 1.54) is 0 Å². The molecule has 0 amide bonds. The quantitative estimate of drug-likeness (QED) is 0.452. The minimum absolute atomic E-state index is 0. The molecule has 0 aromatic rings. The molecule has 0 saturated heterocycles. The fourth-order valence-electron chi connectivity index (χ4n) is 0. The Morgan fingerprint density at radius 2 is 0.556 bits per heavy atom. The van der Waals surface area contributed by atoms with Crippen molar-refractivity contribution in [2.45, 2.75) is 27.7 Å². The Bertz CT molecular complexity index is 167. The molecule has 0 unspecified atom stereocenters. The maximum atomic E-state index is 9.00. The van der Waals surface area contributed by atoms with E-state index in [4.69, 9.17) is 39.6 Å². The van der Waals surface area contributed by atoms with Crippen LogP contribution >= 0.6 is 0 Å². The zero-order valence-electron chi connectivity index (χ0n) is 10.5. The van der Waals surface area contributed by atoms with E-state index < -0.39 is 23.9 Å². The molecule has 0 aliphatic rings. The largest absolute Gasteiger partial charge is 0.481 e. The van der Waals surface area contributed by atoms with Crippen molar-refractivity contribution in [3.63, 3.8) is 0 Å². The molecule has 10 heteroatoms. The van der Waals surface area contributed by atoms with Crippen molar-refractivity contribution in [3.05, 3.63) is 0 Å². The fourth-order valence-corrected chi connectivity index (χ4v) is 0. The first kappa shape index (κ1) is 36.0. The summed E-state index contributed by atoms with van der Waals surface area (Å²) in [6.07, 6.45) is 0. The van der Waals surface area contributed by atoms with E-state index in [2.05, 4.69) is 0 Å². The summed E-state index contributed by atoms with van der Waals surface area (Å²) < 4.78 is 0. The average Bonchev–Trinajstić information content (AvgIpc) is 1.76. The molecule has 0 aliphatic carbocycles. The molecule has 4 N–H and O–H groups in total. The van der Waals surface area contributed by atoms with Gasteiger partial charge in [0.05, 0.1) is 0 Å². The van der Waals surface area contributed by atoms with Crippen LogP contribution in [0.15, 0.2) is 0 Å². The maximum Gasteiger partial charge on any atom is 0.300 e. The van der Waals surface area contributed by atoms with Gasteiger partial charge in [-0.25, -0.2) is 0 Å². The first-order valence-corrected chi connectivity index (χ1v) is 3.71. The van der Waals surface area contributed by atoms with Crippen LogP contribution in [0.5, 0.6) is 0 Å². The summed E-state index contributed by atoms with van der Waals surface area (Å²) >= 11 is 0. The van der Waals surface area contributed by atoms with Crippen molar-refractivity contribution < 1.29 is 76.2 Å². The molecular formula is C8H16MnO8Zn. The van der Waals surface area contributed by atoms with Crippen LogP contribution < -0.4 is 0 Å². The molecule has 0 aromatic carbocycles. The van der Waals surface area contributed by atoms with Gasteiger partial charge < -0.3 is 20.4 Å². The van der Waals surface area contributed by atoms with Crippen molar-refractivity contribution in [3.8, 4) is 0 Å². The van der Waals surface area contributed by atoms with Gasteiger partial charge in [0.2, 0.25) is 0 Å². The minimum atomic E-state index is -0.833. The first-order valence-electron chi connectivity index (χ1n) is 3.71. The Morgan fingerprint density at radius 3 is 0.556 bits per heavy atom. The van der Waals surface area contributed by atoms with Gasteiger partial charge in [-0.1, -0.05) is 0 Å². The minimum Gasteiger partial charge on any atom is -0.481 e. The number of carbonyl (C=O) groups is 4. The van der Waals surface area contributed by atoms with E-state index in [1.54, 1.807) is 0 Å². The predicted molar refractivity (Wildman–Crippen MR) is 53.2 cm³/mol. The topological polar surface area (TPSA) is 149 Å². The van der Waals surface area contributed by atoms with Crippen LogP contribution in [-0.2, 0) is 55.7 Å². The third-order valence-corrected chi connectivity index (χ3v) is 0. The van der Waals surface area contributed by atoms with Crippen LogP contribution in [0.4, 0.5) is 0 Å². The number of rotatable bonds is 0. The normalized spacial score (nSPS) is 5.56. The molecule has 18 heavy (non-hydrogen) atoms. The maximum absolute atomic E-state index is 9.00. The molecule has 0 fully saturated rings. The fraction of sp³-hybridized carbons (Fsp3) is 0.500. The van der Waals surface area contributed by atoms with Gasteiger partial charge in [-0.3, -0.25) is 19.2 Å². The Hall–Kier alpha value is -0.977. The van der Waals surface area contributed by atoms with Crippen molar-refractivity contribution in [2.24, 2.45) is 0 Å². The summed E-state index contributed by atoms with van der Waals surface area (Å²) in [4.78, 5) is 36.0. The molecular weight excluding hydrogens is 344 g/mol. The van der Waals surface area contributed by atoms with Gasteiger partial charge in [0.25, 0.3) is 23.9 Å². The number of carboxylic acids is 4. The molecule has 0 heterocycles. The second-order valence-electron chi connectivity index (χ2n) is 2.08. The van der Waals surface area contributed by atoms with Gasteiger partial charge in [0.15, 0.2) is 0 Å². The van der Waals surface area contributed by atoms with E-state index in [9.17, 15) is 0 Å². The van der Waals surface area contributed by atoms with Gasteiger partial charge in [0, 0.05) is 64.2 Å². The second-order valence-corrected chi connectivity index (χ2v) is 2.08. The summed E-state index contributed by atoms with van der Waals surface area (Å²) in [7, 11) is 0. The number of aliphatic carboxylic acids is 4. The van der Waals surface area contributed by atoms with Gasteiger partial charge in [0.1, 0.15) is 0 Å². The van der Waals surface area contributed by atoms with Crippen molar-refractivity contribution in [1.29, 1.82) is 0 Å². The summed E-state index contributed by atoms with van der Waals surface area (Å²) in [5, 5.41) is 29.7. The molecule has 0 bridgehead atoms. The molecule has 0 aliphatic heterocycles. The molecule has 0 atom stereocenters. The predicted octanol–water partition coefficient (Wildman–Crippen LogP) is 0.359. The Balaban J connectivity index is -0.0000000257. The SMILES string of the molecule is CC(=O)O.CC(=O)O.CC(=O)O.CC(=O)O.[Mn].[Zn]. The van der Waals surface area contributed by atoms with E-state index in [-0.39, 0.29) is 36.5 Å². The van der Waals surface area contributed by atoms with E-state index >= 15 is 0 Å². The number of hydrogen-bond donors (Lipinski definition) is 4. The summed E-state index contributed by atoms with van der Waals surface area (Å²) in [5.41, 5.74) is 0. The summed E-state index contributed by atoms with van der Waals surface area (Å²) in [6.45, 7) is 4.33. The molecule has 8 nitrogen and oxygen atoms in total. The van der Waals surface area contributed by atoms with E-state index in [0.29, 0.717) is 0 Å². The van der Waals surface area contributed by atoms with Crippen LogP contribution in [0.25, 0.3) is 0 Å². The Kier molecular flexibility index (Phi) is 59.5. The van der Waals surface area contributed by atoms with Crippen LogP contribution in [-0.4, -0.2) is 44.3 Å². The third-order valence-electron chi connectivity index (χ3n) is 0. The van der Waals surface area contributed by atoms with Gasteiger partial charge in [-0.05, 0) is 0 Å². The summed E-state index contributed by atoms with van der Waals surface area (Å²) in [6, 6.07) is 0. The monoisotopic (exact) mass is 359 g/mol. The summed E-state index contributed by atoms with van der Waals surface area (Å²) in [5.74, 6) is -3.33. The molecule has 1 radical (unpaired) electrons. The Morgan fingerprint density at radius 1 is 0.556 bits per heavy atom. The zero-order valence-corrected chi connectivity index (χ0v) is 14.7. The number of carboxylic acid groups (broad SMARTS) is 4. The molecule has 0 aromatic heterocycles. The van der Waals surface area contributed by atoms with Gasteiger partial charge in [-0.2, -0.15) is 0 Å². The molecule has 105 valence electrons. The van der Waals surface area contributed by atoms with Crippen LogP contribution in [0.3, 0.4) is 0 Å². The molecule has 0 spiro atoms. The van der Waals surface area contributed by atoms with Crippen LogP contribution in [0.1, 0.15) is 27.7 Å². The van der Waals surface area contributed by atoms with Crippen LogP contribution in [0, 0.1) is 0 Å². The van der Waals surface area contributed by atoms with Gasteiger partial charge in [-0.15, -0.1) is 0 Å². The Labute approximate surface area is 128 Å².